The fourth-order valence-corrected chi connectivity index (χ4v) is 4.37. The summed E-state index contributed by atoms with van der Waals surface area (Å²) >= 11 is 1.76. The number of nitrogens with zero attached hydrogens (tertiary/aromatic N) is 5. The van der Waals surface area contributed by atoms with Crippen molar-refractivity contribution in [3.05, 3.63) is 35.0 Å². The number of imidazole rings is 1. The summed E-state index contributed by atoms with van der Waals surface area (Å²) in [6.45, 7) is 5.62. The van der Waals surface area contributed by atoms with Crippen molar-refractivity contribution in [1.29, 1.82) is 0 Å². The van der Waals surface area contributed by atoms with E-state index in [1.54, 1.807) is 18.4 Å². The van der Waals surface area contributed by atoms with Crippen molar-refractivity contribution in [2.24, 2.45) is 7.05 Å². The average Bonchev–Trinajstić information content (AvgIpc) is 3.13. The van der Waals surface area contributed by atoms with Gasteiger partial charge in [-0.15, -0.1) is 11.3 Å². The lowest BCUT2D eigenvalue weighted by molar-refractivity contribution is -0.0475. The second-order valence-electron chi connectivity index (χ2n) is 6.30. The molecular formula is C17H21N5OS. The molecule has 4 heterocycles. The van der Waals surface area contributed by atoms with Crippen LogP contribution < -0.4 is 4.90 Å². The van der Waals surface area contributed by atoms with E-state index < -0.39 is 0 Å². The molecule has 126 valence electrons. The Balaban J connectivity index is 1.70. The third-order valence-electron chi connectivity index (χ3n) is 4.70. The monoisotopic (exact) mass is 343 g/mol. The van der Waals surface area contributed by atoms with Crippen LogP contribution in [-0.2, 0) is 23.8 Å². The first-order valence-electron chi connectivity index (χ1n) is 8.11. The smallest absolute Gasteiger partial charge is 0.160 e. The van der Waals surface area contributed by atoms with Gasteiger partial charge in [0.25, 0.3) is 0 Å². The third-order valence-corrected chi connectivity index (χ3v) is 5.87. The molecule has 3 aromatic heterocycles. The van der Waals surface area contributed by atoms with Crippen molar-refractivity contribution in [3.63, 3.8) is 0 Å². The van der Waals surface area contributed by atoms with E-state index in [0.717, 1.165) is 47.2 Å². The summed E-state index contributed by atoms with van der Waals surface area (Å²) in [5, 5.41) is 1.15. The molecule has 0 N–H and O–H groups in total. The SMILES string of the molecule is CCc1cc2c(N3CC(OC)(c4nccn4C)C3)nc(C)nc2s1. The van der Waals surface area contributed by atoms with Crippen LogP contribution in [0.1, 0.15) is 23.4 Å². The highest BCUT2D eigenvalue weighted by atomic mass is 32.1. The molecule has 0 atom stereocenters. The van der Waals surface area contributed by atoms with Crippen LogP contribution in [0.2, 0.25) is 0 Å². The van der Waals surface area contributed by atoms with Crippen molar-refractivity contribution >= 4 is 27.4 Å². The molecule has 0 aliphatic carbocycles. The quantitative estimate of drug-likeness (QED) is 0.729. The number of aromatic nitrogens is 4. The number of aryl methyl sites for hydroxylation is 3. The predicted octanol–water partition coefficient (Wildman–Crippen LogP) is 2.66. The molecule has 1 fully saturated rings. The Kier molecular flexibility index (Phi) is 3.58. The molecule has 4 rings (SSSR count). The zero-order chi connectivity index (χ0) is 16.9. The van der Waals surface area contributed by atoms with Crippen molar-refractivity contribution in [1.82, 2.24) is 19.5 Å². The molecule has 1 aliphatic rings. The molecule has 0 aromatic carbocycles. The summed E-state index contributed by atoms with van der Waals surface area (Å²) in [5.41, 5.74) is -0.368. The molecular weight excluding hydrogens is 322 g/mol. The topological polar surface area (TPSA) is 56.1 Å². The van der Waals surface area contributed by atoms with Crippen LogP contribution in [0.25, 0.3) is 10.2 Å². The maximum Gasteiger partial charge on any atom is 0.160 e. The van der Waals surface area contributed by atoms with Crippen LogP contribution >= 0.6 is 11.3 Å². The van der Waals surface area contributed by atoms with E-state index in [0.29, 0.717) is 0 Å². The van der Waals surface area contributed by atoms with Crippen LogP contribution in [0.3, 0.4) is 0 Å². The molecule has 3 aromatic rings. The van der Waals surface area contributed by atoms with Gasteiger partial charge in [0.1, 0.15) is 22.3 Å². The first-order valence-corrected chi connectivity index (χ1v) is 8.93. The summed E-state index contributed by atoms with van der Waals surface area (Å²) in [6, 6.07) is 2.22. The lowest BCUT2D eigenvalue weighted by atomic mass is 9.92. The normalized spacial score (nSPS) is 16.6. The van der Waals surface area contributed by atoms with Crippen molar-refractivity contribution in [2.75, 3.05) is 25.1 Å². The number of methoxy groups -OCH3 is 1. The van der Waals surface area contributed by atoms with Gasteiger partial charge in [-0.3, -0.25) is 0 Å². The third kappa shape index (κ3) is 2.22. The Morgan fingerprint density at radius 1 is 1.33 bits per heavy atom. The van der Waals surface area contributed by atoms with E-state index in [4.69, 9.17) is 9.72 Å². The average molecular weight is 343 g/mol. The fourth-order valence-electron chi connectivity index (χ4n) is 3.36. The van der Waals surface area contributed by atoms with Crippen molar-refractivity contribution < 1.29 is 4.74 Å². The first kappa shape index (κ1) is 15.5. The molecule has 24 heavy (non-hydrogen) atoms. The van der Waals surface area contributed by atoms with Crippen LogP contribution in [-0.4, -0.2) is 39.7 Å². The number of rotatable bonds is 4. The van der Waals surface area contributed by atoms with Crippen LogP contribution in [0.4, 0.5) is 5.82 Å². The van der Waals surface area contributed by atoms with E-state index in [2.05, 4.69) is 27.9 Å². The van der Waals surface area contributed by atoms with Gasteiger partial charge in [0, 0.05) is 31.4 Å². The number of hydrogen-bond acceptors (Lipinski definition) is 6. The molecule has 0 unspecified atom stereocenters. The van der Waals surface area contributed by atoms with E-state index in [9.17, 15) is 0 Å². The van der Waals surface area contributed by atoms with Gasteiger partial charge in [-0.2, -0.15) is 0 Å². The second kappa shape index (κ2) is 5.53. The highest BCUT2D eigenvalue weighted by Crippen LogP contribution is 2.40. The van der Waals surface area contributed by atoms with Gasteiger partial charge >= 0.3 is 0 Å². The number of ether oxygens (including phenoxy) is 1. The molecule has 1 aliphatic heterocycles. The molecule has 1 saturated heterocycles. The number of hydrogen-bond donors (Lipinski definition) is 0. The van der Waals surface area contributed by atoms with Gasteiger partial charge in [0.05, 0.1) is 18.5 Å². The van der Waals surface area contributed by atoms with E-state index >= 15 is 0 Å². The van der Waals surface area contributed by atoms with Gasteiger partial charge < -0.3 is 14.2 Å². The molecule has 6 nitrogen and oxygen atoms in total. The van der Waals surface area contributed by atoms with Crippen LogP contribution in [0, 0.1) is 6.92 Å². The van der Waals surface area contributed by atoms with Gasteiger partial charge in [0.2, 0.25) is 0 Å². The summed E-state index contributed by atoms with van der Waals surface area (Å²) < 4.78 is 7.88. The number of thiophene rings is 1. The van der Waals surface area contributed by atoms with Crippen molar-refractivity contribution in [2.45, 2.75) is 25.9 Å². The van der Waals surface area contributed by atoms with E-state index in [-0.39, 0.29) is 5.60 Å². The second-order valence-corrected chi connectivity index (χ2v) is 7.41. The Morgan fingerprint density at radius 3 is 2.75 bits per heavy atom. The van der Waals surface area contributed by atoms with Gasteiger partial charge in [-0.1, -0.05) is 6.92 Å². The molecule has 0 amide bonds. The molecule has 0 radical (unpaired) electrons. The minimum absolute atomic E-state index is 0.368. The maximum atomic E-state index is 5.85. The molecule has 0 saturated carbocycles. The molecule has 0 spiro atoms. The Bertz CT molecular complexity index is 894. The number of anilines is 1. The molecule has 0 bridgehead atoms. The Morgan fingerprint density at radius 2 is 2.12 bits per heavy atom. The zero-order valence-electron chi connectivity index (χ0n) is 14.4. The van der Waals surface area contributed by atoms with Gasteiger partial charge in [0.15, 0.2) is 5.60 Å². The lowest BCUT2D eigenvalue weighted by Gasteiger charge is -2.48. The summed E-state index contributed by atoms with van der Waals surface area (Å²) in [6.07, 6.45) is 4.80. The van der Waals surface area contributed by atoms with Gasteiger partial charge in [-0.25, -0.2) is 15.0 Å². The summed E-state index contributed by atoms with van der Waals surface area (Å²) in [5.74, 6) is 2.78. The predicted molar refractivity (Wildman–Crippen MR) is 95.6 cm³/mol. The number of fused-ring (bicyclic) bond motifs is 1. The van der Waals surface area contributed by atoms with Gasteiger partial charge in [-0.05, 0) is 19.4 Å². The zero-order valence-corrected chi connectivity index (χ0v) is 15.2. The maximum absolute atomic E-state index is 5.85. The minimum atomic E-state index is -0.368. The van der Waals surface area contributed by atoms with E-state index in [1.165, 1.54) is 4.88 Å². The lowest BCUT2D eigenvalue weighted by Crippen LogP contribution is -2.62. The highest BCUT2D eigenvalue weighted by Gasteiger charge is 2.48. The summed E-state index contributed by atoms with van der Waals surface area (Å²) in [4.78, 5) is 18.5. The minimum Gasteiger partial charge on any atom is -0.367 e. The largest absolute Gasteiger partial charge is 0.367 e. The van der Waals surface area contributed by atoms with E-state index in [1.807, 2.05) is 30.9 Å². The standard InChI is InChI=1S/C17H21N5OS/c1-5-12-8-13-14(19-11(2)20-15(13)24-12)22-9-17(10-22,23-4)16-18-6-7-21(16)3/h6-8H,5,9-10H2,1-4H3. The van der Waals surface area contributed by atoms with Crippen LogP contribution in [0.5, 0.6) is 0 Å². The Hall–Kier alpha value is -1.99. The van der Waals surface area contributed by atoms with Crippen molar-refractivity contribution in [3.8, 4) is 0 Å². The summed E-state index contributed by atoms with van der Waals surface area (Å²) in [7, 11) is 3.76. The van der Waals surface area contributed by atoms with Crippen LogP contribution in [0.15, 0.2) is 18.5 Å². The first-order chi connectivity index (χ1) is 11.6. The fraction of sp³-hybridized carbons (Fsp3) is 0.471. The Labute approximate surface area is 145 Å². The highest BCUT2D eigenvalue weighted by molar-refractivity contribution is 7.18. The molecule has 7 heteroatoms.